The summed E-state index contributed by atoms with van der Waals surface area (Å²) in [5.41, 5.74) is 0. The molecule has 1 aromatic rings. The van der Waals surface area contributed by atoms with E-state index >= 15 is 0 Å². The first-order valence-electron chi connectivity index (χ1n) is 6.04. The third-order valence-corrected chi connectivity index (χ3v) is 3.50. The Labute approximate surface area is 96.3 Å². The second-order valence-electron chi connectivity index (χ2n) is 4.53. The van der Waals surface area contributed by atoms with E-state index in [-0.39, 0.29) is 0 Å². The summed E-state index contributed by atoms with van der Waals surface area (Å²) < 4.78 is 0. The Kier molecular flexibility index (Phi) is 2.76. The van der Waals surface area contributed by atoms with Gasteiger partial charge in [0, 0.05) is 51.5 Å². The molecule has 0 aliphatic carbocycles. The van der Waals surface area contributed by atoms with Crippen molar-refractivity contribution in [2.45, 2.75) is 6.04 Å². The highest BCUT2D eigenvalue weighted by atomic mass is 15.3. The van der Waals surface area contributed by atoms with Crippen molar-refractivity contribution in [2.75, 3.05) is 44.2 Å². The Bertz CT molecular complexity index is 328. The number of nitrogens with one attached hydrogen (secondary N) is 1. The molecule has 0 unspecified atom stereocenters. The average molecular weight is 218 g/mol. The number of anilines is 1. The Morgan fingerprint density at radius 1 is 1.19 bits per heavy atom. The molecular weight excluding hydrogens is 200 g/mol. The van der Waals surface area contributed by atoms with Crippen LogP contribution in [0, 0.1) is 0 Å². The van der Waals surface area contributed by atoms with Crippen LogP contribution in [0.4, 0.5) is 5.82 Å². The van der Waals surface area contributed by atoms with Crippen molar-refractivity contribution in [1.82, 2.24) is 15.2 Å². The number of piperazine rings is 1. The van der Waals surface area contributed by atoms with E-state index in [1.807, 2.05) is 12.3 Å². The molecule has 4 heteroatoms. The van der Waals surface area contributed by atoms with Gasteiger partial charge in [-0.05, 0) is 12.1 Å². The molecule has 1 aromatic heterocycles. The van der Waals surface area contributed by atoms with Crippen LogP contribution in [0.25, 0.3) is 0 Å². The van der Waals surface area contributed by atoms with Gasteiger partial charge in [0.2, 0.25) is 0 Å². The van der Waals surface area contributed by atoms with E-state index in [1.165, 1.54) is 13.1 Å². The van der Waals surface area contributed by atoms with E-state index in [1.54, 1.807) is 0 Å². The van der Waals surface area contributed by atoms with Crippen LogP contribution >= 0.6 is 0 Å². The maximum Gasteiger partial charge on any atom is 0.128 e. The summed E-state index contributed by atoms with van der Waals surface area (Å²) in [5, 5.41) is 3.39. The first-order valence-corrected chi connectivity index (χ1v) is 6.04. The standard InChI is InChI=1S/C12H18N4/c1-2-4-14-12(3-1)16-9-11(10-16)15-7-5-13-6-8-15/h1-4,11,13H,5-10H2. The Hall–Kier alpha value is -1.13. The molecule has 16 heavy (non-hydrogen) atoms. The summed E-state index contributed by atoms with van der Waals surface area (Å²) in [6.45, 7) is 6.94. The molecule has 0 radical (unpaired) electrons. The summed E-state index contributed by atoms with van der Waals surface area (Å²) in [6.07, 6.45) is 1.87. The molecule has 86 valence electrons. The third kappa shape index (κ3) is 1.90. The van der Waals surface area contributed by atoms with Crippen LogP contribution in [0.5, 0.6) is 0 Å². The van der Waals surface area contributed by atoms with Gasteiger partial charge < -0.3 is 10.2 Å². The number of pyridine rings is 1. The highest BCUT2D eigenvalue weighted by Crippen LogP contribution is 2.21. The van der Waals surface area contributed by atoms with Crippen LogP contribution in [-0.4, -0.2) is 55.2 Å². The molecular formula is C12H18N4. The van der Waals surface area contributed by atoms with Gasteiger partial charge in [-0.25, -0.2) is 4.98 Å². The normalized spacial score (nSPS) is 23.1. The molecule has 2 aliphatic rings. The Balaban J connectivity index is 1.54. The fourth-order valence-corrected chi connectivity index (χ4v) is 2.46. The largest absolute Gasteiger partial charge is 0.353 e. The van der Waals surface area contributed by atoms with Gasteiger partial charge in [-0.1, -0.05) is 6.07 Å². The lowest BCUT2D eigenvalue weighted by Gasteiger charge is -2.47. The maximum absolute atomic E-state index is 4.38. The van der Waals surface area contributed by atoms with Crippen molar-refractivity contribution in [3.8, 4) is 0 Å². The van der Waals surface area contributed by atoms with Gasteiger partial charge in [-0.2, -0.15) is 0 Å². The predicted octanol–water partition coefficient (Wildman–Crippen LogP) is 0.175. The lowest BCUT2D eigenvalue weighted by atomic mass is 10.1. The van der Waals surface area contributed by atoms with Gasteiger partial charge in [0.05, 0.1) is 0 Å². The Morgan fingerprint density at radius 2 is 2.00 bits per heavy atom. The van der Waals surface area contributed by atoms with Gasteiger partial charge in [-0.3, -0.25) is 4.90 Å². The van der Waals surface area contributed by atoms with E-state index in [9.17, 15) is 0 Å². The van der Waals surface area contributed by atoms with E-state index in [0.717, 1.165) is 38.0 Å². The van der Waals surface area contributed by atoms with E-state index in [0.29, 0.717) is 0 Å². The molecule has 0 atom stereocenters. The summed E-state index contributed by atoms with van der Waals surface area (Å²) in [4.78, 5) is 9.32. The van der Waals surface area contributed by atoms with E-state index in [4.69, 9.17) is 0 Å². The van der Waals surface area contributed by atoms with Crippen LogP contribution in [0.15, 0.2) is 24.4 Å². The molecule has 0 spiro atoms. The summed E-state index contributed by atoms with van der Waals surface area (Å²) in [5.74, 6) is 1.12. The van der Waals surface area contributed by atoms with Gasteiger partial charge >= 0.3 is 0 Å². The SMILES string of the molecule is c1ccc(N2CC(N3CCNCC3)C2)nc1. The second-order valence-corrected chi connectivity index (χ2v) is 4.53. The Morgan fingerprint density at radius 3 is 2.69 bits per heavy atom. The first kappa shape index (κ1) is 10.1. The highest BCUT2D eigenvalue weighted by molar-refractivity contribution is 5.41. The zero-order valence-electron chi connectivity index (χ0n) is 9.47. The number of nitrogens with zero attached hydrogens (tertiary/aromatic N) is 3. The maximum atomic E-state index is 4.38. The number of hydrogen-bond acceptors (Lipinski definition) is 4. The zero-order chi connectivity index (χ0) is 10.8. The second kappa shape index (κ2) is 4.39. The minimum Gasteiger partial charge on any atom is -0.353 e. The lowest BCUT2D eigenvalue weighted by molar-refractivity contribution is 0.147. The molecule has 2 aliphatic heterocycles. The molecule has 0 aromatic carbocycles. The van der Waals surface area contributed by atoms with Gasteiger partial charge in [-0.15, -0.1) is 0 Å². The topological polar surface area (TPSA) is 31.4 Å². The molecule has 0 bridgehead atoms. The summed E-state index contributed by atoms with van der Waals surface area (Å²) in [7, 11) is 0. The van der Waals surface area contributed by atoms with Crippen molar-refractivity contribution in [3.05, 3.63) is 24.4 Å². The van der Waals surface area contributed by atoms with Crippen molar-refractivity contribution < 1.29 is 0 Å². The van der Waals surface area contributed by atoms with Crippen LogP contribution in [0.1, 0.15) is 0 Å². The van der Waals surface area contributed by atoms with Crippen LogP contribution in [0.2, 0.25) is 0 Å². The van der Waals surface area contributed by atoms with Crippen molar-refractivity contribution in [2.24, 2.45) is 0 Å². The molecule has 4 nitrogen and oxygen atoms in total. The van der Waals surface area contributed by atoms with Gasteiger partial charge in [0.25, 0.3) is 0 Å². The van der Waals surface area contributed by atoms with Crippen molar-refractivity contribution >= 4 is 5.82 Å². The molecule has 1 N–H and O–H groups in total. The van der Waals surface area contributed by atoms with Crippen molar-refractivity contribution in [1.29, 1.82) is 0 Å². The molecule has 2 saturated heterocycles. The molecule has 0 saturated carbocycles. The van der Waals surface area contributed by atoms with Crippen LogP contribution in [-0.2, 0) is 0 Å². The van der Waals surface area contributed by atoms with E-state index in [2.05, 4.69) is 32.2 Å². The van der Waals surface area contributed by atoms with Crippen LogP contribution < -0.4 is 10.2 Å². The lowest BCUT2D eigenvalue weighted by Crippen LogP contribution is -2.63. The fourth-order valence-electron chi connectivity index (χ4n) is 2.46. The molecule has 3 rings (SSSR count). The average Bonchev–Trinajstić information content (AvgIpc) is 2.30. The minimum absolute atomic E-state index is 0.740. The highest BCUT2D eigenvalue weighted by Gasteiger charge is 2.32. The van der Waals surface area contributed by atoms with Crippen LogP contribution in [0.3, 0.4) is 0 Å². The van der Waals surface area contributed by atoms with Gasteiger partial charge in [0.15, 0.2) is 0 Å². The summed E-state index contributed by atoms with van der Waals surface area (Å²) in [6, 6.07) is 6.86. The third-order valence-electron chi connectivity index (χ3n) is 3.50. The van der Waals surface area contributed by atoms with Gasteiger partial charge in [0.1, 0.15) is 5.82 Å². The predicted molar refractivity (Wildman–Crippen MR) is 64.7 cm³/mol. The number of aromatic nitrogens is 1. The molecule has 2 fully saturated rings. The molecule has 3 heterocycles. The number of hydrogen-bond donors (Lipinski definition) is 1. The molecule has 0 amide bonds. The smallest absolute Gasteiger partial charge is 0.128 e. The monoisotopic (exact) mass is 218 g/mol. The zero-order valence-corrected chi connectivity index (χ0v) is 9.47. The first-order chi connectivity index (χ1) is 7.93. The number of rotatable bonds is 2. The minimum atomic E-state index is 0.740. The van der Waals surface area contributed by atoms with E-state index < -0.39 is 0 Å². The quantitative estimate of drug-likeness (QED) is 0.767. The fraction of sp³-hybridized carbons (Fsp3) is 0.583. The van der Waals surface area contributed by atoms with Crippen molar-refractivity contribution in [3.63, 3.8) is 0 Å². The summed E-state index contributed by atoms with van der Waals surface area (Å²) >= 11 is 0.